The summed E-state index contributed by atoms with van der Waals surface area (Å²) in [7, 11) is -3.24. The van der Waals surface area contributed by atoms with E-state index in [1.807, 2.05) is 0 Å². The SMILES string of the molecule is Nc1nn2cc(F)cnc2c1C(=O)NC1C(N2CCC(S(=O)(=O)N3CCC3)CC2)CCNC12CCCCCCCC2. The van der Waals surface area contributed by atoms with Crippen LogP contribution >= 0.6 is 0 Å². The molecular weight excluding hydrogens is 547 g/mol. The first-order chi connectivity index (χ1) is 19.8. The van der Waals surface area contributed by atoms with Crippen LogP contribution in [0.25, 0.3) is 5.65 Å². The summed E-state index contributed by atoms with van der Waals surface area (Å²) < 4.78 is 42.8. The van der Waals surface area contributed by atoms with Gasteiger partial charge in [-0.15, -0.1) is 5.10 Å². The molecule has 1 aliphatic carbocycles. The van der Waals surface area contributed by atoms with E-state index in [4.69, 9.17) is 5.73 Å². The van der Waals surface area contributed by atoms with Gasteiger partial charge in [-0.2, -0.15) is 0 Å². The summed E-state index contributed by atoms with van der Waals surface area (Å²) in [6.07, 6.45) is 14.1. The molecule has 6 rings (SSSR count). The largest absolute Gasteiger partial charge is 0.381 e. The number of hydrogen-bond acceptors (Lipinski definition) is 8. The molecule has 0 bridgehead atoms. The van der Waals surface area contributed by atoms with Crippen molar-refractivity contribution in [2.45, 2.75) is 99.9 Å². The molecule has 3 aliphatic heterocycles. The Kier molecular flexibility index (Phi) is 8.23. The molecule has 3 saturated heterocycles. The van der Waals surface area contributed by atoms with Gasteiger partial charge in [0.25, 0.3) is 5.91 Å². The number of aromatic nitrogens is 3. The summed E-state index contributed by atoms with van der Waals surface area (Å²) in [6.45, 7) is 3.50. The van der Waals surface area contributed by atoms with Crippen molar-refractivity contribution in [2.24, 2.45) is 0 Å². The van der Waals surface area contributed by atoms with E-state index >= 15 is 0 Å². The van der Waals surface area contributed by atoms with Gasteiger partial charge in [0.15, 0.2) is 17.3 Å². The average molecular weight is 591 g/mol. The van der Waals surface area contributed by atoms with E-state index in [9.17, 15) is 17.6 Å². The highest BCUT2D eigenvalue weighted by Crippen LogP contribution is 2.37. The van der Waals surface area contributed by atoms with E-state index in [0.29, 0.717) is 39.0 Å². The molecule has 0 aromatic carbocycles. The average Bonchev–Trinajstić information content (AvgIpc) is 3.29. The van der Waals surface area contributed by atoms with Crippen molar-refractivity contribution in [3.63, 3.8) is 0 Å². The Bertz CT molecular complexity index is 1350. The lowest BCUT2D eigenvalue weighted by molar-refractivity contribution is 0.0367. The van der Waals surface area contributed by atoms with Crippen molar-refractivity contribution in [3.8, 4) is 0 Å². The number of fused-ring (bicyclic) bond motifs is 1. The van der Waals surface area contributed by atoms with Crippen LogP contribution in [0.5, 0.6) is 0 Å². The molecule has 4 fully saturated rings. The predicted molar refractivity (Wildman–Crippen MR) is 154 cm³/mol. The molecule has 2 unspecified atom stereocenters. The second-order valence-corrected chi connectivity index (χ2v) is 14.6. The van der Waals surface area contributed by atoms with Crippen LogP contribution in [0.3, 0.4) is 0 Å². The van der Waals surface area contributed by atoms with Crippen LogP contribution in [-0.2, 0) is 10.0 Å². The summed E-state index contributed by atoms with van der Waals surface area (Å²) in [5.41, 5.74) is 6.28. The quantitative estimate of drug-likeness (QED) is 0.482. The van der Waals surface area contributed by atoms with Crippen molar-refractivity contribution in [2.75, 3.05) is 38.5 Å². The van der Waals surface area contributed by atoms with Crippen LogP contribution in [0.2, 0.25) is 0 Å². The number of carbonyl (C=O) groups excluding carboxylic acids is 1. The number of nitrogen functional groups attached to an aromatic ring is 1. The molecule has 4 N–H and O–H groups in total. The summed E-state index contributed by atoms with van der Waals surface area (Å²) >= 11 is 0. The maximum atomic E-state index is 14.0. The monoisotopic (exact) mass is 590 g/mol. The molecule has 11 nitrogen and oxygen atoms in total. The van der Waals surface area contributed by atoms with E-state index in [2.05, 4.69) is 25.6 Å². The fraction of sp³-hybridized carbons (Fsp3) is 0.750. The molecule has 1 spiro atoms. The third-order valence-corrected chi connectivity index (χ3v) is 12.3. The molecule has 2 aromatic heterocycles. The Balaban J connectivity index is 1.28. The van der Waals surface area contributed by atoms with Crippen molar-refractivity contribution >= 4 is 27.4 Å². The number of nitrogens with two attached hydrogens (primary N) is 1. The minimum atomic E-state index is -3.24. The summed E-state index contributed by atoms with van der Waals surface area (Å²) in [4.78, 5) is 20.5. The van der Waals surface area contributed by atoms with Gasteiger partial charge in [-0.05, 0) is 58.2 Å². The minimum absolute atomic E-state index is 0.0152. The first-order valence-corrected chi connectivity index (χ1v) is 16.9. The normalized spacial score (nSPS) is 27.1. The standard InChI is InChI=1S/C28H43FN8O3S/c29-20-18-31-26-23(25(30)34-37(26)19-20)27(38)33-24-22(8-13-32-28(24)11-5-3-1-2-4-6-12-28)35-16-9-21(10-17-35)41(39,40)36-14-7-15-36/h18-19,21-22,24,32H,1-17H2,(H2,30,34)(H,33,38). The van der Waals surface area contributed by atoms with E-state index in [1.54, 1.807) is 4.31 Å². The van der Waals surface area contributed by atoms with Crippen molar-refractivity contribution in [1.29, 1.82) is 0 Å². The summed E-state index contributed by atoms with van der Waals surface area (Å²) in [6, 6.07) is -0.151. The second-order valence-electron chi connectivity index (χ2n) is 12.3. The fourth-order valence-corrected chi connectivity index (χ4v) is 9.56. The van der Waals surface area contributed by atoms with Gasteiger partial charge in [0.2, 0.25) is 10.0 Å². The number of nitrogens with one attached hydrogen (secondary N) is 2. The molecule has 1 amide bonds. The van der Waals surface area contributed by atoms with Crippen LogP contribution in [0.1, 0.15) is 87.4 Å². The summed E-state index contributed by atoms with van der Waals surface area (Å²) in [5.74, 6) is -0.904. The molecule has 41 heavy (non-hydrogen) atoms. The van der Waals surface area contributed by atoms with Crippen LogP contribution in [0, 0.1) is 5.82 Å². The Morgan fingerprint density at radius 2 is 1.71 bits per heavy atom. The molecule has 2 atom stereocenters. The highest BCUT2D eigenvalue weighted by molar-refractivity contribution is 7.89. The topological polar surface area (TPSA) is 138 Å². The number of sulfonamides is 1. The molecule has 1 saturated carbocycles. The number of likely N-dealkylation sites (tertiary alicyclic amines) is 1. The van der Waals surface area contributed by atoms with Gasteiger partial charge in [-0.25, -0.2) is 26.6 Å². The Morgan fingerprint density at radius 3 is 2.37 bits per heavy atom. The smallest absolute Gasteiger partial charge is 0.259 e. The number of halogens is 1. The number of piperidine rings is 2. The zero-order valence-corrected chi connectivity index (χ0v) is 24.5. The molecule has 226 valence electrons. The lowest BCUT2D eigenvalue weighted by Crippen LogP contribution is -2.72. The van der Waals surface area contributed by atoms with E-state index in [1.165, 1.54) is 36.4 Å². The van der Waals surface area contributed by atoms with E-state index < -0.39 is 15.8 Å². The molecule has 4 aliphatic rings. The number of rotatable bonds is 5. The predicted octanol–water partition coefficient (Wildman–Crippen LogP) is 2.28. The number of carbonyl (C=O) groups is 1. The van der Waals surface area contributed by atoms with Crippen LogP contribution in [-0.4, -0.2) is 93.7 Å². The lowest BCUT2D eigenvalue weighted by atomic mass is 9.73. The van der Waals surface area contributed by atoms with Gasteiger partial charge in [0.1, 0.15) is 5.56 Å². The first-order valence-electron chi connectivity index (χ1n) is 15.4. The molecule has 5 heterocycles. The fourth-order valence-electron chi connectivity index (χ4n) is 7.56. The molecule has 2 aromatic rings. The zero-order chi connectivity index (χ0) is 28.6. The maximum absolute atomic E-state index is 14.0. The third-order valence-electron chi connectivity index (χ3n) is 9.92. The Hall–Kier alpha value is -2.35. The van der Waals surface area contributed by atoms with Gasteiger partial charge in [-0.1, -0.05) is 38.5 Å². The van der Waals surface area contributed by atoms with Crippen molar-refractivity contribution in [1.82, 2.24) is 34.4 Å². The highest BCUT2D eigenvalue weighted by Gasteiger charge is 2.49. The van der Waals surface area contributed by atoms with Gasteiger partial charge >= 0.3 is 0 Å². The molecule has 13 heteroatoms. The van der Waals surface area contributed by atoms with Gasteiger partial charge in [0.05, 0.1) is 23.7 Å². The number of amides is 1. The van der Waals surface area contributed by atoms with Crippen LogP contribution < -0.4 is 16.4 Å². The molecular formula is C28H43FN8O3S. The van der Waals surface area contributed by atoms with E-state index in [-0.39, 0.29) is 45.8 Å². The highest BCUT2D eigenvalue weighted by atomic mass is 32.2. The lowest BCUT2D eigenvalue weighted by Gasteiger charge is -2.53. The zero-order valence-electron chi connectivity index (χ0n) is 23.7. The van der Waals surface area contributed by atoms with Gasteiger partial charge < -0.3 is 16.4 Å². The number of nitrogens with zero attached hydrogens (tertiary/aromatic N) is 5. The van der Waals surface area contributed by atoms with Crippen molar-refractivity contribution < 1.29 is 17.6 Å². The third kappa shape index (κ3) is 5.57. The maximum Gasteiger partial charge on any atom is 0.259 e. The van der Waals surface area contributed by atoms with E-state index in [0.717, 1.165) is 51.3 Å². The van der Waals surface area contributed by atoms with Crippen LogP contribution in [0.15, 0.2) is 12.4 Å². The van der Waals surface area contributed by atoms with Crippen LogP contribution in [0.4, 0.5) is 10.2 Å². The second kappa shape index (κ2) is 11.7. The van der Waals surface area contributed by atoms with Gasteiger partial charge in [0, 0.05) is 24.7 Å². The van der Waals surface area contributed by atoms with Crippen molar-refractivity contribution in [3.05, 3.63) is 23.8 Å². The Labute approximate surface area is 241 Å². The number of anilines is 1. The number of hydrogen-bond donors (Lipinski definition) is 3. The first kappa shape index (κ1) is 28.8. The van der Waals surface area contributed by atoms with Gasteiger partial charge in [-0.3, -0.25) is 9.69 Å². The minimum Gasteiger partial charge on any atom is -0.381 e. The Morgan fingerprint density at radius 1 is 1.02 bits per heavy atom. The summed E-state index contributed by atoms with van der Waals surface area (Å²) in [5, 5.41) is 11.1. The molecule has 0 radical (unpaired) electrons.